The normalized spacial score (nSPS) is 32.2. The molecular weight excluding hydrogens is 378 g/mol. The van der Waals surface area contributed by atoms with Crippen LogP contribution in [-0.2, 0) is 4.74 Å². The molecule has 0 N–H and O–H groups in total. The van der Waals surface area contributed by atoms with Gasteiger partial charge in [-0.2, -0.15) is 0 Å². The zero-order valence-electron chi connectivity index (χ0n) is 16.5. The summed E-state index contributed by atoms with van der Waals surface area (Å²) in [7, 11) is 0. The van der Waals surface area contributed by atoms with Crippen molar-refractivity contribution in [3.63, 3.8) is 0 Å². The van der Waals surface area contributed by atoms with Crippen molar-refractivity contribution in [3.8, 4) is 5.75 Å². The lowest BCUT2D eigenvalue weighted by atomic mass is 9.47. The number of carboxylic acid groups (broad SMARTS) is 1. The van der Waals surface area contributed by atoms with Crippen LogP contribution in [0.5, 0.6) is 5.75 Å². The van der Waals surface area contributed by atoms with Gasteiger partial charge >= 0.3 is 11.8 Å². The maximum absolute atomic E-state index is 12.7. The van der Waals surface area contributed by atoms with Crippen LogP contribution in [0.4, 0.5) is 10.5 Å². The molecule has 0 aliphatic heterocycles. The Balaban J connectivity index is 1.60. The van der Waals surface area contributed by atoms with Crippen molar-refractivity contribution >= 4 is 17.8 Å². The molecule has 0 radical (unpaired) electrons. The van der Waals surface area contributed by atoms with Crippen molar-refractivity contribution < 1.29 is 29.1 Å². The number of carbonyl (C=O) groups excluding carboxylic acids is 2. The van der Waals surface area contributed by atoms with Crippen molar-refractivity contribution in [1.82, 2.24) is 0 Å². The number of carboxylic acids is 1. The molecule has 4 saturated carbocycles. The third-order valence-corrected chi connectivity index (χ3v) is 7.16. The monoisotopic (exact) mass is 402 g/mol. The van der Waals surface area contributed by atoms with Crippen molar-refractivity contribution in [1.29, 1.82) is 0 Å². The minimum Gasteiger partial charge on any atom is -0.545 e. The number of aromatic carboxylic acids is 1. The number of carbonyl (C=O) groups is 2. The van der Waals surface area contributed by atoms with Crippen LogP contribution in [-0.4, -0.2) is 22.6 Å². The first-order valence-corrected chi connectivity index (χ1v) is 10.1. The van der Waals surface area contributed by atoms with Gasteiger partial charge in [-0.25, -0.2) is 4.79 Å². The number of nitro benzene ring substituents is 1. The first-order chi connectivity index (χ1) is 13.7. The summed E-state index contributed by atoms with van der Waals surface area (Å²) in [6, 6.07) is 2.95. The molecule has 0 saturated heterocycles. The quantitative estimate of drug-likeness (QED) is 0.321. The second-order valence-corrected chi connectivity index (χ2v) is 8.99. The Labute approximate surface area is 168 Å². The van der Waals surface area contributed by atoms with Crippen LogP contribution in [0.25, 0.3) is 0 Å². The van der Waals surface area contributed by atoms with E-state index in [9.17, 15) is 24.8 Å². The van der Waals surface area contributed by atoms with Gasteiger partial charge in [-0.05, 0) is 73.8 Å². The fraction of sp³-hybridized carbons (Fsp3) is 0.619. The van der Waals surface area contributed by atoms with Gasteiger partial charge in [0.1, 0.15) is 5.60 Å². The highest BCUT2D eigenvalue weighted by molar-refractivity contribution is 5.87. The van der Waals surface area contributed by atoms with E-state index in [1.807, 2.05) is 13.8 Å². The highest BCUT2D eigenvalue weighted by Crippen LogP contribution is 2.61. The molecule has 8 nitrogen and oxygen atoms in total. The number of nitrogens with zero attached hydrogens (tertiary/aromatic N) is 1. The van der Waals surface area contributed by atoms with Gasteiger partial charge in [0.25, 0.3) is 0 Å². The maximum atomic E-state index is 12.7. The van der Waals surface area contributed by atoms with E-state index in [0.717, 1.165) is 43.9 Å². The first kappa shape index (κ1) is 19.7. The Morgan fingerprint density at radius 2 is 1.69 bits per heavy atom. The smallest absolute Gasteiger partial charge is 0.514 e. The number of hydrogen-bond donors (Lipinski definition) is 0. The third-order valence-electron chi connectivity index (χ3n) is 7.16. The van der Waals surface area contributed by atoms with E-state index in [0.29, 0.717) is 11.8 Å². The average molecular weight is 402 g/mol. The summed E-state index contributed by atoms with van der Waals surface area (Å²) in [6.07, 6.45) is 4.34. The summed E-state index contributed by atoms with van der Waals surface area (Å²) in [5, 5.41) is 22.3. The SMILES string of the molecule is CC(C)C1(OC(=O)Oc2cc(C(=O)[O-])ccc2[N+](=O)[O-])C2CC3CC(C2)CC1C3. The average Bonchev–Trinajstić information content (AvgIpc) is 2.63. The van der Waals surface area contributed by atoms with E-state index in [-0.39, 0.29) is 23.3 Å². The Morgan fingerprint density at radius 3 is 2.17 bits per heavy atom. The minimum absolute atomic E-state index is 0.0783. The molecule has 4 fully saturated rings. The van der Waals surface area contributed by atoms with Crippen molar-refractivity contribution in [2.45, 2.75) is 51.6 Å². The number of hydrogen-bond acceptors (Lipinski definition) is 7. The summed E-state index contributed by atoms with van der Waals surface area (Å²) in [5.41, 5.74) is -1.46. The summed E-state index contributed by atoms with van der Waals surface area (Å²) < 4.78 is 11.2. The van der Waals surface area contributed by atoms with Gasteiger partial charge in [0.15, 0.2) is 0 Å². The lowest BCUT2D eigenvalue weighted by molar-refractivity contribution is -0.385. The zero-order chi connectivity index (χ0) is 20.9. The zero-order valence-corrected chi connectivity index (χ0v) is 16.5. The number of nitro groups is 1. The number of rotatable bonds is 5. The molecule has 5 rings (SSSR count). The fourth-order valence-electron chi connectivity index (χ4n) is 6.28. The van der Waals surface area contributed by atoms with E-state index in [2.05, 4.69) is 0 Å². The second kappa shape index (κ2) is 7.00. The van der Waals surface area contributed by atoms with Crippen LogP contribution in [0.1, 0.15) is 56.3 Å². The lowest BCUT2D eigenvalue weighted by Crippen LogP contribution is -2.62. The van der Waals surface area contributed by atoms with Crippen LogP contribution in [0, 0.1) is 39.7 Å². The van der Waals surface area contributed by atoms with E-state index in [1.165, 1.54) is 6.42 Å². The summed E-state index contributed by atoms with van der Waals surface area (Å²) in [6.45, 7) is 4.07. The van der Waals surface area contributed by atoms with Crippen molar-refractivity contribution in [2.24, 2.45) is 29.6 Å². The van der Waals surface area contributed by atoms with Crippen LogP contribution in [0.15, 0.2) is 18.2 Å². The number of benzene rings is 1. The molecule has 0 atom stereocenters. The predicted molar refractivity (Wildman–Crippen MR) is 99.1 cm³/mol. The van der Waals surface area contributed by atoms with Crippen LogP contribution < -0.4 is 9.84 Å². The standard InChI is InChI=1S/C21H25NO7/c1-11(2)21(15-6-12-5-13(8-15)9-16(21)7-12)29-20(25)28-18-10-14(19(23)24)3-4-17(18)22(26)27/h3-4,10-13,15-16H,5-9H2,1-2H3,(H,23,24)/p-1. The van der Waals surface area contributed by atoms with E-state index >= 15 is 0 Å². The Morgan fingerprint density at radius 1 is 1.10 bits per heavy atom. The molecule has 0 aromatic heterocycles. The highest BCUT2D eigenvalue weighted by Gasteiger charge is 2.61. The fourth-order valence-corrected chi connectivity index (χ4v) is 6.28. The van der Waals surface area contributed by atoms with Gasteiger partial charge in [0, 0.05) is 11.6 Å². The molecular formula is C21H24NO7-. The summed E-state index contributed by atoms with van der Waals surface area (Å²) >= 11 is 0. The van der Waals surface area contributed by atoms with Crippen molar-refractivity contribution in [2.75, 3.05) is 0 Å². The largest absolute Gasteiger partial charge is 0.545 e. The molecule has 0 spiro atoms. The Bertz CT molecular complexity index is 835. The third kappa shape index (κ3) is 3.24. The molecule has 156 valence electrons. The van der Waals surface area contributed by atoms with Gasteiger partial charge in [0.2, 0.25) is 5.75 Å². The minimum atomic E-state index is -1.52. The summed E-state index contributed by atoms with van der Waals surface area (Å²) in [5.74, 6) is -0.00171. The lowest BCUT2D eigenvalue weighted by Gasteiger charge is -2.61. The Hall–Kier alpha value is -2.64. The van der Waals surface area contributed by atoms with Gasteiger partial charge in [0.05, 0.1) is 10.9 Å². The molecule has 4 bridgehead atoms. The van der Waals surface area contributed by atoms with Gasteiger partial charge in [-0.15, -0.1) is 0 Å². The van der Waals surface area contributed by atoms with Crippen molar-refractivity contribution in [3.05, 3.63) is 33.9 Å². The maximum Gasteiger partial charge on any atom is 0.514 e. The molecule has 8 heteroatoms. The highest BCUT2D eigenvalue weighted by atomic mass is 16.7. The molecule has 1 aromatic rings. The molecule has 4 aliphatic carbocycles. The summed E-state index contributed by atoms with van der Waals surface area (Å²) in [4.78, 5) is 34.4. The number of ether oxygens (including phenoxy) is 2. The van der Waals surface area contributed by atoms with Gasteiger partial charge in [-0.3, -0.25) is 10.1 Å². The van der Waals surface area contributed by atoms with Crippen LogP contribution in [0.3, 0.4) is 0 Å². The Kier molecular flexibility index (Phi) is 4.75. The van der Waals surface area contributed by atoms with Gasteiger partial charge in [-0.1, -0.05) is 13.8 Å². The van der Waals surface area contributed by atoms with Crippen LogP contribution in [0.2, 0.25) is 0 Å². The van der Waals surface area contributed by atoms with E-state index in [4.69, 9.17) is 9.47 Å². The van der Waals surface area contributed by atoms with E-state index in [1.54, 1.807) is 0 Å². The molecule has 4 aliphatic rings. The molecule has 1 aromatic carbocycles. The molecule has 29 heavy (non-hydrogen) atoms. The topological polar surface area (TPSA) is 119 Å². The molecule has 0 heterocycles. The van der Waals surface area contributed by atoms with E-state index < -0.39 is 34.1 Å². The van der Waals surface area contributed by atoms with Gasteiger partial charge < -0.3 is 19.4 Å². The first-order valence-electron chi connectivity index (χ1n) is 10.1. The predicted octanol–water partition coefficient (Wildman–Crippen LogP) is 3.32. The molecule has 0 amide bonds. The molecule has 0 unspecified atom stereocenters. The van der Waals surface area contributed by atoms with Crippen LogP contribution >= 0.6 is 0 Å². The second-order valence-electron chi connectivity index (χ2n) is 8.99.